The summed E-state index contributed by atoms with van der Waals surface area (Å²) in [5.41, 5.74) is 0.0543. The summed E-state index contributed by atoms with van der Waals surface area (Å²) >= 11 is 0. The standard InChI is InChI=1S/C12H15N5O2/c1-16-4-2-10(3-5-16)15-12-9(7-13)6-11(8-14-12)17(18)19/h6,8,10H,2-5H2,1H3,(H,14,15). The molecule has 0 radical (unpaired) electrons. The Morgan fingerprint density at radius 1 is 1.58 bits per heavy atom. The second kappa shape index (κ2) is 5.63. The lowest BCUT2D eigenvalue weighted by molar-refractivity contribution is -0.385. The van der Waals surface area contributed by atoms with Crippen LogP contribution in [0.15, 0.2) is 12.3 Å². The summed E-state index contributed by atoms with van der Waals surface area (Å²) in [5.74, 6) is 0.433. The maximum absolute atomic E-state index is 10.6. The Bertz CT molecular complexity index is 517. The lowest BCUT2D eigenvalue weighted by atomic mass is 10.1. The third kappa shape index (κ3) is 3.17. The monoisotopic (exact) mass is 261 g/mol. The van der Waals surface area contributed by atoms with Gasteiger partial charge in [-0.3, -0.25) is 10.1 Å². The Hall–Kier alpha value is -2.20. The van der Waals surface area contributed by atoms with Crippen molar-refractivity contribution in [3.8, 4) is 6.07 Å². The van der Waals surface area contributed by atoms with E-state index in [4.69, 9.17) is 5.26 Å². The molecule has 1 aromatic heterocycles. The summed E-state index contributed by atoms with van der Waals surface area (Å²) in [5, 5.41) is 22.9. The van der Waals surface area contributed by atoms with E-state index in [1.54, 1.807) is 0 Å². The molecule has 2 heterocycles. The molecule has 19 heavy (non-hydrogen) atoms. The van der Waals surface area contributed by atoms with E-state index in [0.29, 0.717) is 5.82 Å². The van der Waals surface area contributed by atoms with Crippen LogP contribution in [0.2, 0.25) is 0 Å². The highest BCUT2D eigenvalue weighted by molar-refractivity contribution is 5.56. The number of nitrogens with zero attached hydrogens (tertiary/aromatic N) is 4. The summed E-state index contributed by atoms with van der Waals surface area (Å²) < 4.78 is 0. The zero-order valence-electron chi connectivity index (χ0n) is 10.7. The van der Waals surface area contributed by atoms with Gasteiger partial charge in [-0.2, -0.15) is 5.26 Å². The molecule has 0 unspecified atom stereocenters. The van der Waals surface area contributed by atoms with Crippen LogP contribution in [0.3, 0.4) is 0 Å². The number of hydrogen-bond donors (Lipinski definition) is 1. The number of pyridine rings is 1. The molecule has 2 rings (SSSR count). The number of rotatable bonds is 3. The van der Waals surface area contributed by atoms with Crippen LogP contribution in [-0.2, 0) is 0 Å². The van der Waals surface area contributed by atoms with Gasteiger partial charge >= 0.3 is 0 Å². The van der Waals surface area contributed by atoms with Gasteiger partial charge in [-0.15, -0.1) is 0 Å². The van der Waals surface area contributed by atoms with Crippen LogP contribution in [0, 0.1) is 21.4 Å². The van der Waals surface area contributed by atoms with Crippen LogP contribution in [0.1, 0.15) is 18.4 Å². The van der Waals surface area contributed by atoms with Gasteiger partial charge in [0.15, 0.2) is 0 Å². The number of piperidine rings is 1. The molecule has 7 nitrogen and oxygen atoms in total. The van der Waals surface area contributed by atoms with E-state index in [1.807, 2.05) is 6.07 Å². The van der Waals surface area contributed by atoms with Gasteiger partial charge in [0, 0.05) is 12.1 Å². The number of likely N-dealkylation sites (tertiary alicyclic amines) is 1. The average molecular weight is 261 g/mol. The number of nitriles is 1. The van der Waals surface area contributed by atoms with Gasteiger partial charge in [-0.05, 0) is 33.0 Å². The minimum atomic E-state index is -0.548. The van der Waals surface area contributed by atoms with Gasteiger partial charge in [0.1, 0.15) is 23.6 Å². The Kier molecular flexibility index (Phi) is 3.92. The van der Waals surface area contributed by atoms with E-state index in [-0.39, 0.29) is 17.3 Å². The minimum Gasteiger partial charge on any atom is -0.366 e. The Morgan fingerprint density at radius 2 is 2.26 bits per heavy atom. The highest BCUT2D eigenvalue weighted by atomic mass is 16.6. The van der Waals surface area contributed by atoms with E-state index in [9.17, 15) is 10.1 Å². The summed E-state index contributed by atoms with van der Waals surface area (Å²) in [6.45, 7) is 1.99. The zero-order valence-corrected chi connectivity index (χ0v) is 10.7. The Labute approximate surface area is 111 Å². The summed E-state index contributed by atoms with van der Waals surface area (Å²) in [6.07, 6.45) is 3.12. The number of nitrogens with one attached hydrogen (secondary N) is 1. The maximum Gasteiger partial charge on any atom is 0.289 e. The summed E-state index contributed by atoms with van der Waals surface area (Å²) in [6, 6.07) is 3.46. The second-order valence-electron chi connectivity index (χ2n) is 4.68. The fraction of sp³-hybridized carbons (Fsp3) is 0.500. The van der Waals surface area contributed by atoms with Crippen molar-refractivity contribution in [3.63, 3.8) is 0 Å². The van der Waals surface area contributed by atoms with E-state index in [2.05, 4.69) is 22.2 Å². The van der Waals surface area contributed by atoms with Gasteiger partial charge in [-0.25, -0.2) is 4.98 Å². The third-order valence-electron chi connectivity index (χ3n) is 3.26. The van der Waals surface area contributed by atoms with Crippen LogP contribution < -0.4 is 5.32 Å². The van der Waals surface area contributed by atoms with Crippen molar-refractivity contribution in [1.29, 1.82) is 5.26 Å². The lowest BCUT2D eigenvalue weighted by Crippen LogP contribution is -2.37. The van der Waals surface area contributed by atoms with Gasteiger partial charge < -0.3 is 10.2 Å². The lowest BCUT2D eigenvalue weighted by Gasteiger charge is -2.29. The van der Waals surface area contributed by atoms with Crippen LogP contribution >= 0.6 is 0 Å². The fourth-order valence-corrected chi connectivity index (χ4v) is 2.10. The highest BCUT2D eigenvalue weighted by Gasteiger charge is 2.19. The van der Waals surface area contributed by atoms with Crippen LogP contribution in [0.4, 0.5) is 11.5 Å². The first-order chi connectivity index (χ1) is 9.10. The molecule has 1 aliphatic rings. The molecule has 0 aromatic carbocycles. The van der Waals surface area contributed by atoms with E-state index < -0.39 is 4.92 Å². The van der Waals surface area contributed by atoms with Crippen molar-refractivity contribution in [3.05, 3.63) is 27.9 Å². The van der Waals surface area contributed by atoms with Crippen molar-refractivity contribution in [2.24, 2.45) is 0 Å². The predicted molar refractivity (Wildman–Crippen MR) is 69.7 cm³/mol. The number of anilines is 1. The topological polar surface area (TPSA) is 95.1 Å². The number of aromatic nitrogens is 1. The van der Waals surface area contributed by atoms with E-state index in [0.717, 1.165) is 25.9 Å². The molecule has 7 heteroatoms. The summed E-state index contributed by atoms with van der Waals surface area (Å²) in [7, 11) is 2.07. The van der Waals surface area contributed by atoms with Crippen molar-refractivity contribution < 1.29 is 4.92 Å². The number of nitro groups is 1. The first-order valence-corrected chi connectivity index (χ1v) is 6.10. The van der Waals surface area contributed by atoms with E-state index in [1.165, 1.54) is 12.3 Å². The van der Waals surface area contributed by atoms with Gasteiger partial charge in [0.2, 0.25) is 0 Å². The number of hydrogen-bond acceptors (Lipinski definition) is 6. The molecule has 1 N–H and O–H groups in total. The van der Waals surface area contributed by atoms with E-state index >= 15 is 0 Å². The normalized spacial score (nSPS) is 16.8. The molecule has 0 amide bonds. The van der Waals surface area contributed by atoms with Crippen molar-refractivity contribution >= 4 is 11.5 Å². The molecule has 1 aromatic rings. The van der Waals surface area contributed by atoms with Crippen molar-refractivity contribution in [1.82, 2.24) is 9.88 Å². The Balaban J connectivity index is 2.12. The van der Waals surface area contributed by atoms with Crippen LogP contribution in [0.5, 0.6) is 0 Å². The molecule has 1 saturated heterocycles. The molecule has 0 aliphatic carbocycles. The fourth-order valence-electron chi connectivity index (χ4n) is 2.10. The zero-order chi connectivity index (χ0) is 13.8. The van der Waals surface area contributed by atoms with Crippen LogP contribution in [-0.4, -0.2) is 41.0 Å². The molecule has 0 spiro atoms. The molecule has 1 fully saturated rings. The Morgan fingerprint density at radius 3 is 2.84 bits per heavy atom. The van der Waals surface area contributed by atoms with Gasteiger partial charge in [0.25, 0.3) is 5.69 Å². The molecule has 0 saturated carbocycles. The van der Waals surface area contributed by atoms with Crippen molar-refractivity contribution in [2.75, 3.05) is 25.5 Å². The smallest absolute Gasteiger partial charge is 0.289 e. The summed E-state index contributed by atoms with van der Waals surface area (Å²) in [4.78, 5) is 16.3. The predicted octanol–water partition coefficient (Wildman–Crippen LogP) is 1.37. The maximum atomic E-state index is 10.6. The second-order valence-corrected chi connectivity index (χ2v) is 4.68. The molecular weight excluding hydrogens is 246 g/mol. The molecular formula is C12H15N5O2. The minimum absolute atomic E-state index is 0.162. The third-order valence-corrected chi connectivity index (χ3v) is 3.26. The molecule has 0 bridgehead atoms. The van der Waals surface area contributed by atoms with Gasteiger partial charge in [0.05, 0.1) is 4.92 Å². The molecule has 0 atom stereocenters. The van der Waals surface area contributed by atoms with Crippen LogP contribution in [0.25, 0.3) is 0 Å². The quantitative estimate of drug-likeness (QED) is 0.652. The highest BCUT2D eigenvalue weighted by Crippen LogP contribution is 2.21. The largest absolute Gasteiger partial charge is 0.366 e. The first kappa shape index (κ1) is 13.2. The van der Waals surface area contributed by atoms with Crippen molar-refractivity contribution in [2.45, 2.75) is 18.9 Å². The molecule has 100 valence electrons. The molecule has 1 aliphatic heterocycles. The average Bonchev–Trinajstić information content (AvgIpc) is 2.41. The SMILES string of the molecule is CN1CCC(Nc2ncc([N+](=O)[O-])cc2C#N)CC1. The first-order valence-electron chi connectivity index (χ1n) is 6.10. The van der Waals surface area contributed by atoms with Gasteiger partial charge in [-0.1, -0.05) is 0 Å².